The molecular formula is C9H20BrN3. The molecule has 0 amide bonds. The number of halogens is 1. The van der Waals surface area contributed by atoms with E-state index in [9.17, 15) is 0 Å². The molecule has 1 aliphatic heterocycles. The van der Waals surface area contributed by atoms with Gasteiger partial charge in [-0.3, -0.25) is 4.90 Å². The Morgan fingerprint density at radius 3 is 2.46 bits per heavy atom. The Morgan fingerprint density at radius 1 is 1.15 bits per heavy atom. The van der Waals surface area contributed by atoms with Crippen molar-refractivity contribution < 1.29 is 0 Å². The lowest BCUT2D eigenvalue weighted by molar-refractivity contribution is 0.155. The van der Waals surface area contributed by atoms with Gasteiger partial charge in [-0.2, -0.15) is 0 Å². The van der Waals surface area contributed by atoms with Gasteiger partial charge in [0, 0.05) is 51.1 Å². The fraction of sp³-hybridized carbons (Fsp3) is 1.00. The third kappa shape index (κ3) is 4.96. The molecule has 4 heteroatoms. The van der Waals surface area contributed by atoms with Crippen LogP contribution in [0.15, 0.2) is 0 Å². The molecule has 1 rings (SSSR count). The fourth-order valence-electron chi connectivity index (χ4n) is 1.50. The van der Waals surface area contributed by atoms with E-state index in [1.165, 1.54) is 32.7 Å². The molecule has 0 spiro atoms. The molecule has 1 heterocycles. The van der Waals surface area contributed by atoms with Crippen molar-refractivity contribution in [3.63, 3.8) is 0 Å². The molecule has 13 heavy (non-hydrogen) atoms. The van der Waals surface area contributed by atoms with Crippen LogP contribution in [0.4, 0.5) is 0 Å². The van der Waals surface area contributed by atoms with E-state index in [2.05, 4.69) is 38.1 Å². The standard InChI is InChI=1S/C9H20BrN3/c1-12-6-8-13(9-7-12)5-4-11-3-2-10/h11H,2-9H2,1H3. The second-order valence-electron chi connectivity index (χ2n) is 3.58. The van der Waals surface area contributed by atoms with Gasteiger partial charge < -0.3 is 10.2 Å². The van der Waals surface area contributed by atoms with E-state index < -0.39 is 0 Å². The van der Waals surface area contributed by atoms with Gasteiger partial charge in [0.1, 0.15) is 0 Å². The van der Waals surface area contributed by atoms with Crippen molar-refractivity contribution in [1.82, 2.24) is 15.1 Å². The largest absolute Gasteiger partial charge is 0.315 e. The quantitative estimate of drug-likeness (QED) is 0.556. The van der Waals surface area contributed by atoms with Crippen LogP contribution in [0.1, 0.15) is 0 Å². The van der Waals surface area contributed by atoms with Crippen molar-refractivity contribution in [3.05, 3.63) is 0 Å². The number of alkyl halides is 1. The van der Waals surface area contributed by atoms with Crippen molar-refractivity contribution in [1.29, 1.82) is 0 Å². The maximum Gasteiger partial charge on any atom is 0.0157 e. The van der Waals surface area contributed by atoms with Gasteiger partial charge in [-0.1, -0.05) is 15.9 Å². The van der Waals surface area contributed by atoms with Crippen LogP contribution in [-0.4, -0.2) is 68.0 Å². The van der Waals surface area contributed by atoms with Crippen LogP contribution in [0, 0.1) is 0 Å². The Labute approximate surface area is 89.6 Å². The maximum absolute atomic E-state index is 3.40. The van der Waals surface area contributed by atoms with Crippen molar-refractivity contribution in [2.45, 2.75) is 0 Å². The third-order valence-corrected chi connectivity index (χ3v) is 2.87. The summed E-state index contributed by atoms with van der Waals surface area (Å²) >= 11 is 3.40. The van der Waals surface area contributed by atoms with Gasteiger partial charge in [0.25, 0.3) is 0 Å². The smallest absolute Gasteiger partial charge is 0.0157 e. The molecule has 0 unspecified atom stereocenters. The third-order valence-electron chi connectivity index (χ3n) is 2.47. The molecule has 0 radical (unpaired) electrons. The SMILES string of the molecule is CN1CCN(CCNCCBr)CC1. The Morgan fingerprint density at radius 2 is 1.85 bits per heavy atom. The molecule has 1 aliphatic rings. The summed E-state index contributed by atoms with van der Waals surface area (Å²) in [5.41, 5.74) is 0. The minimum atomic E-state index is 1.05. The summed E-state index contributed by atoms with van der Waals surface area (Å²) in [5, 5.41) is 4.44. The molecule has 0 aliphatic carbocycles. The number of piperazine rings is 1. The zero-order chi connectivity index (χ0) is 9.52. The average molecular weight is 250 g/mol. The van der Waals surface area contributed by atoms with Crippen LogP contribution < -0.4 is 5.32 Å². The number of rotatable bonds is 5. The maximum atomic E-state index is 3.40. The van der Waals surface area contributed by atoms with Crippen molar-refractivity contribution in [2.24, 2.45) is 0 Å². The number of hydrogen-bond acceptors (Lipinski definition) is 3. The molecule has 3 nitrogen and oxygen atoms in total. The molecular weight excluding hydrogens is 230 g/mol. The summed E-state index contributed by atoms with van der Waals surface area (Å²) in [6, 6.07) is 0. The lowest BCUT2D eigenvalue weighted by Crippen LogP contribution is -2.46. The molecule has 1 saturated heterocycles. The molecule has 0 atom stereocenters. The Kier molecular flexibility index (Phi) is 5.95. The summed E-state index contributed by atoms with van der Waals surface area (Å²) < 4.78 is 0. The highest BCUT2D eigenvalue weighted by Crippen LogP contribution is 1.97. The van der Waals surface area contributed by atoms with E-state index in [0.717, 1.165) is 18.4 Å². The van der Waals surface area contributed by atoms with Gasteiger partial charge in [-0.05, 0) is 7.05 Å². The Balaban J connectivity index is 1.96. The normalized spacial score (nSPS) is 20.8. The van der Waals surface area contributed by atoms with E-state index in [1.807, 2.05) is 0 Å². The molecule has 1 N–H and O–H groups in total. The minimum Gasteiger partial charge on any atom is -0.315 e. The van der Waals surface area contributed by atoms with E-state index in [4.69, 9.17) is 0 Å². The first kappa shape index (κ1) is 11.4. The summed E-state index contributed by atoms with van der Waals surface area (Å²) in [4.78, 5) is 4.92. The lowest BCUT2D eigenvalue weighted by Gasteiger charge is -2.32. The number of nitrogens with one attached hydrogen (secondary N) is 1. The Bertz CT molecular complexity index is 124. The van der Waals surface area contributed by atoms with E-state index in [-0.39, 0.29) is 0 Å². The minimum absolute atomic E-state index is 1.05. The summed E-state index contributed by atoms with van der Waals surface area (Å²) in [5.74, 6) is 0. The topological polar surface area (TPSA) is 18.5 Å². The highest BCUT2D eigenvalue weighted by atomic mass is 79.9. The predicted octanol–water partition coefficient (Wildman–Crippen LogP) is 0.218. The summed E-state index contributed by atoms with van der Waals surface area (Å²) in [7, 11) is 2.19. The average Bonchev–Trinajstić information content (AvgIpc) is 2.15. The fourth-order valence-corrected chi connectivity index (χ4v) is 1.78. The van der Waals surface area contributed by atoms with E-state index in [1.54, 1.807) is 0 Å². The molecule has 0 aromatic heterocycles. The van der Waals surface area contributed by atoms with E-state index >= 15 is 0 Å². The van der Waals surface area contributed by atoms with Gasteiger partial charge >= 0.3 is 0 Å². The monoisotopic (exact) mass is 249 g/mol. The van der Waals surface area contributed by atoms with Crippen LogP contribution in [0.2, 0.25) is 0 Å². The number of nitrogens with zero attached hydrogens (tertiary/aromatic N) is 2. The molecule has 0 aromatic rings. The molecule has 78 valence electrons. The first-order valence-corrected chi connectivity index (χ1v) is 6.12. The first-order valence-electron chi connectivity index (χ1n) is 5.00. The highest BCUT2D eigenvalue weighted by molar-refractivity contribution is 9.09. The number of hydrogen-bond donors (Lipinski definition) is 1. The molecule has 0 aromatic carbocycles. The van der Waals surface area contributed by atoms with Gasteiger partial charge in [-0.25, -0.2) is 0 Å². The van der Waals surface area contributed by atoms with E-state index in [0.29, 0.717) is 0 Å². The summed E-state index contributed by atoms with van der Waals surface area (Å²) in [6.07, 6.45) is 0. The molecule has 0 saturated carbocycles. The Hall–Kier alpha value is 0.360. The van der Waals surface area contributed by atoms with Gasteiger partial charge in [0.2, 0.25) is 0 Å². The highest BCUT2D eigenvalue weighted by Gasteiger charge is 2.12. The van der Waals surface area contributed by atoms with Crippen molar-refractivity contribution in [3.8, 4) is 0 Å². The van der Waals surface area contributed by atoms with Crippen molar-refractivity contribution >= 4 is 15.9 Å². The van der Waals surface area contributed by atoms with Gasteiger partial charge in [0.15, 0.2) is 0 Å². The number of likely N-dealkylation sites (N-methyl/N-ethyl adjacent to an activating group) is 1. The second-order valence-corrected chi connectivity index (χ2v) is 4.38. The zero-order valence-corrected chi connectivity index (χ0v) is 10.0. The molecule has 0 bridgehead atoms. The van der Waals surface area contributed by atoms with Crippen molar-refractivity contribution in [2.75, 3.05) is 58.2 Å². The predicted molar refractivity (Wildman–Crippen MR) is 60.6 cm³/mol. The van der Waals surface area contributed by atoms with Crippen LogP contribution in [0.25, 0.3) is 0 Å². The van der Waals surface area contributed by atoms with Crippen LogP contribution in [0.3, 0.4) is 0 Å². The van der Waals surface area contributed by atoms with Crippen LogP contribution in [0.5, 0.6) is 0 Å². The second kappa shape index (κ2) is 6.76. The molecule has 1 fully saturated rings. The lowest BCUT2D eigenvalue weighted by atomic mass is 10.3. The van der Waals surface area contributed by atoms with Crippen LogP contribution >= 0.6 is 15.9 Å². The van der Waals surface area contributed by atoms with Gasteiger partial charge in [0.05, 0.1) is 0 Å². The summed E-state index contributed by atoms with van der Waals surface area (Å²) in [6.45, 7) is 8.29. The van der Waals surface area contributed by atoms with Crippen LogP contribution in [-0.2, 0) is 0 Å². The zero-order valence-electron chi connectivity index (χ0n) is 8.43. The van der Waals surface area contributed by atoms with Gasteiger partial charge in [-0.15, -0.1) is 0 Å². The first-order chi connectivity index (χ1) is 6.33.